The average molecular weight is 310 g/mol. The van der Waals surface area contributed by atoms with E-state index in [-0.39, 0.29) is 17.2 Å². The minimum atomic E-state index is -0.671. The van der Waals surface area contributed by atoms with Gasteiger partial charge in [-0.15, -0.1) is 11.3 Å². The summed E-state index contributed by atoms with van der Waals surface area (Å²) in [4.78, 5) is 23.9. The van der Waals surface area contributed by atoms with Crippen LogP contribution in [0.5, 0.6) is 0 Å². The van der Waals surface area contributed by atoms with E-state index in [4.69, 9.17) is 9.47 Å². The molecule has 0 unspecified atom stereocenters. The number of carbonyl (C=O) groups excluding carboxylic acids is 2. The molecule has 0 atom stereocenters. The lowest BCUT2D eigenvalue weighted by Gasteiger charge is -2.19. The van der Waals surface area contributed by atoms with Gasteiger partial charge in [-0.25, -0.2) is 9.59 Å². The fourth-order valence-electron chi connectivity index (χ4n) is 1.52. The van der Waals surface area contributed by atoms with Crippen molar-refractivity contribution >= 4 is 28.4 Å². The Labute approximate surface area is 127 Å². The second-order valence-electron chi connectivity index (χ2n) is 5.22. The van der Waals surface area contributed by atoms with Crippen LogP contribution < -0.4 is 5.32 Å². The number of hydrogen-bond donors (Lipinski definition) is 1. The average Bonchev–Trinajstić information content (AvgIpc) is 2.63. The Bertz CT molecular complexity index is 593. The maximum absolute atomic E-state index is 11.8. The fourth-order valence-corrected chi connectivity index (χ4v) is 2.56. The first-order chi connectivity index (χ1) is 9.69. The number of rotatable bonds is 3. The molecule has 0 aliphatic carbocycles. The molecule has 1 amide bonds. The van der Waals surface area contributed by atoms with E-state index in [1.807, 2.05) is 6.07 Å². The second-order valence-corrected chi connectivity index (χ2v) is 6.24. The van der Waals surface area contributed by atoms with Crippen LogP contribution in [0.4, 0.5) is 9.80 Å². The zero-order chi connectivity index (χ0) is 16.2. The van der Waals surface area contributed by atoms with Gasteiger partial charge in [0.2, 0.25) is 0 Å². The van der Waals surface area contributed by atoms with E-state index in [9.17, 15) is 14.9 Å². The van der Waals surface area contributed by atoms with Gasteiger partial charge in [0, 0.05) is 0 Å². The lowest BCUT2D eigenvalue weighted by Crippen LogP contribution is -2.27. The molecule has 0 spiro atoms. The quantitative estimate of drug-likeness (QED) is 0.864. The Morgan fingerprint density at radius 1 is 1.38 bits per heavy atom. The largest absolute Gasteiger partial charge is 0.462 e. The molecule has 1 aromatic heterocycles. The predicted molar refractivity (Wildman–Crippen MR) is 79.6 cm³/mol. The molecule has 114 valence electrons. The van der Waals surface area contributed by atoms with Gasteiger partial charge in [-0.3, -0.25) is 5.32 Å². The van der Waals surface area contributed by atoms with Gasteiger partial charge in [-0.05, 0) is 40.2 Å². The SMILES string of the molecule is CCOC(=O)c1sc(NC(=O)OC(C)(C)C)c(C#N)c1C. The number of amides is 1. The van der Waals surface area contributed by atoms with Gasteiger partial charge in [-0.2, -0.15) is 5.26 Å². The van der Waals surface area contributed by atoms with E-state index in [2.05, 4.69) is 5.32 Å². The van der Waals surface area contributed by atoms with Crippen LogP contribution in [0.2, 0.25) is 0 Å². The third-order valence-electron chi connectivity index (χ3n) is 2.33. The number of nitriles is 1. The summed E-state index contributed by atoms with van der Waals surface area (Å²) in [7, 11) is 0. The summed E-state index contributed by atoms with van der Waals surface area (Å²) in [6.45, 7) is 8.80. The fraction of sp³-hybridized carbons (Fsp3) is 0.500. The van der Waals surface area contributed by atoms with Crippen LogP contribution in [0.15, 0.2) is 0 Å². The van der Waals surface area contributed by atoms with Crippen molar-refractivity contribution < 1.29 is 19.1 Å². The topological polar surface area (TPSA) is 88.4 Å². The molecule has 1 N–H and O–H groups in total. The minimum absolute atomic E-state index is 0.243. The van der Waals surface area contributed by atoms with E-state index < -0.39 is 17.7 Å². The van der Waals surface area contributed by atoms with Gasteiger partial charge in [0.25, 0.3) is 0 Å². The van der Waals surface area contributed by atoms with Crippen LogP contribution in [-0.2, 0) is 9.47 Å². The molecular formula is C14H18N2O4S. The van der Waals surface area contributed by atoms with Gasteiger partial charge >= 0.3 is 12.1 Å². The Kier molecular flexibility index (Phi) is 5.33. The lowest BCUT2D eigenvalue weighted by molar-refractivity contribution is 0.0530. The highest BCUT2D eigenvalue weighted by Gasteiger charge is 2.24. The molecule has 0 bridgehead atoms. The summed E-state index contributed by atoms with van der Waals surface area (Å²) in [6, 6.07) is 1.98. The van der Waals surface area contributed by atoms with Crippen molar-refractivity contribution in [2.24, 2.45) is 0 Å². The summed E-state index contributed by atoms with van der Waals surface area (Å²) in [6.07, 6.45) is -0.671. The monoisotopic (exact) mass is 310 g/mol. The number of nitrogens with zero attached hydrogens (tertiary/aromatic N) is 1. The molecule has 7 heteroatoms. The van der Waals surface area contributed by atoms with Crippen LogP contribution in [0.25, 0.3) is 0 Å². The summed E-state index contributed by atoms with van der Waals surface area (Å²) < 4.78 is 10.1. The predicted octanol–water partition coefficient (Wildman–Crippen LogP) is 3.45. The highest BCUT2D eigenvalue weighted by Crippen LogP contribution is 2.33. The van der Waals surface area contributed by atoms with Crippen molar-refractivity contribution in [1.82, 2.24) is 0 Å². The van der Waals surface area contributed by atoms with Crippen LogP contribution in [0.1, 0.15) is 48.5 Å². The normalized spacial score (nSPS) is 10.7. The van der Waals surface area contributed by atoms with Crippen LogP contribution in [-0.4, -0.2) is 24.3 Å². The molecule has 0 fully saturated rings. The highest BCUT2D eigenvalue weighted by atomic mass is 32.1. The Morgan fingerprint density at radius 2 is 2.00 bits per heavy atom. The summed E-state index contributed by atoms with van der Waals surface area (Å²) in [5.74, 6) is -0.506. The van der Waals surface area contributed by atoms with Gasteiger partial charge in [-0.1, -0.05) is 0 Å². The Balaban J connectivity index is 3.03. The maximum Gasteiger partial charge on any atom is 0.412 e. The van der Waals surface area contributed by atoms with Gasteiger partial charge < -0.3 is 9.47 Å². The number of esters is 1. The number of ether oxygens (including phenoxy) is 2. The Morgan fingerprint density at radius 3 is 2.48 bits per heavy atom. The number of carbonyl (C=O) groups is 2. The van der Waals surface area contributed by atoms with Crippen molar-refractivity contribution in [1.29, 1.82) is 5.26 Å². The van der Waals surface area contributed by atoms with E-state index in [0.717, 1.165) is 11.3 Å². The van der Waals surface area contributed by atoms with E-state index >= 15 is 0 Å². The third-order valence-corrected chi connectivity index (χ3v) is 3.52. The number of nitrogens with one attached hydrogen (secondary N) is 1. The standard InChI is InChI=1S/C14H18N2O4S/c1-6-19-12(17)10-8(2)9(7-15)11(21-10)16-13(18)20-14(3,4)5/h6H2,1-5H3,(H,16,18). The highest BCUT2D eigenvalue weighted by molar-refractivity contribution is 7.18. The maximum atomic E-state index is 11.8. The van der Waals surface area contributed by atoms with Crippen molar-refractivity contribution in [3.05, 3.63) is 16.0 Å². The first kappa shape index (κ1) is 17.0. The van der Waals surface area contributed by atoms with E-state index in [0.29, 0.717) is 10.4 Å². The molecule has 0 aromatic carbocycles. The molecule has 1 aromatic rings. The van der Waals surface area contributed by atoms with Gasteiger partial charge in [0.1, 0.15) is 21.5 Å². The van der Waals surface area contributed by atoms with Crippen LogP contribution in [0.3, 0.4) is 0 Å². The number of thiophene rings is 1. The van der Waals surface area contributed by atoms with E-state index in [1.54, 1.807) is 34.6 Å². The van der Waals surface area contributed by atoms with Crippen LogP contribution >= 0.6 is 11.3 Å². The zero-order valence-electron chi connectivity index (χ0n) is 12.7. The van der Waals surface area contributed by atoms with Gasteiger partial charge in [0.15, 0.2) is 0 Å². The van der Waals surface area contributed by atoms with Crippen molar-refractivity contribution in [2.75, 3.05) is 11.9 Å². The molecule has 1 heterocycles. The van der Waals surface area contributed by atoms with Crippen LogP contribution in [0, 0.1) is 18.3 Å². The number of anilines is 1. The molecule has 6 nitrogen and oxygen atoms in total. The summed E-state index contributed by atoms with van der Waals surface area (Å²) in [5, 5.41) is 12.0. The Hall–Kier alpha value is -2.07. The molecular weight excluding hydrogens is 292 g/mol. The van der Waals surface area contributed by atoms with E-state index in [1.165, 1.54) is 0 Å². The van der Waals surface area contributed by atoms with Crippen molar-refractivity contribution in [3.63, 3.8) is 0 Å². The second kappa shape index (κ2) is 6.59. The molecule has 21 heavy (non-hydrogen) atoms. The first-order valence-electron chi connectivity index (χ1n) is 6.40. The molecule has 1 rings (SSSR count). The summed E-state index contributed by atoms with van der Waals surface area (Å²) >= 11 is 1.00. The molecule has 0 saturated heterocycles. The molecule has 0 saturated carbocycles. The zero-order valence-corrected chi connectivity index (χ0v) is 13.5. The number of hydrogen-bond acceptors (Lipinski definition) is 6. The van der Waals surface area contributed by atoms with Crippen molar-refractivity contribution in [2.45, 2.75) is 40.2 Å². The minimum Gasteiger partial charge on any atom is -0.462 e. The third kappa shape index (κ3) is 4.46. The smallest absolute Gasteiger partial charge is 0.412 e. The molecule has 0 radical (unpaired) electrons. The van der Waals surface area contributed by atoms with Gasteiger partial charge in [0.05, 0.1) is 12.2 Å². The molecule has 0 aliphatic heterocycles. The molecule has 0 aliphatic rings. The first-order valence-corrected chi connectivity index (χ1v) is 7.21. The lowest BCUT2D eigenvalue weighted by atomic mass is 10.2. The van der Waals surface area contributed by atoms with Crippen molar-refractivity contribution in [3.8, 4) is 6.07 Å². The summed E-state index contributed by atoms with van der Waals surface area (Å²) in [5.41, 5.74) is 0.0913.